The molecule has 2 rings (SSSR count). The third kappa shape index (κ3) is 3.30. The van der Waals surface area contributed by atoms with Crippen molar-refractivity contribution in [3.63, 3.8) is 0 Å². The van der Waals surface area contributed by atoms with Crippen LogP contribution in [0.15, 0.2) is 18.5 Å². The minimum Gasteiger partial charge on any atom is -0.506 e. The highest BCUT2D eigenvalue weighted by molar-refractivity contribution is 5.94. The van der Waals surface area contributed by atoms with E-state index in [1.54, 1.807) is 0 Å². The number of carboxylic acid groups (broad SMARTS) is 1. The van der Waals surface area contributed by atoms with Crippen molar-refractivity contribution in [3.05, 3.63) is 24.0 Å². The molecule has 7 heteroatoms. The summed E-state index contributed by atoms with van der Waals surface area (Å²) in [7, 11) is 0. The number of hydrogen-bond donors (Lipinski definition) is 2. The number of aromatic hydroxyl groups is 1. The van der Waals surface area contributed by atoms with Gasteiger partial charge in [0.15, 0.2) is 0 Å². The third-order valence-electron chi connectivity index (χ3n) is 3.46. The minimum absolute atomic E-state index is 0.102. The van der Waals surface area contributed by atoms with Gasteiger partial charge in [0, 0.05) is 12.7 Å². The molecular weight excluding hydrogens is 276 g/mol. The lowest BCUT2D eigenvalue weighted by Gasteiger charge is -2.30. The monoisotopic (exact) mass is 294 g/mol. The van der Waals surface area contributed by atoms with E-state index in [0.717, 1.165) is 0 Å². The van der Waals surface area contributed by atoms with Crippen LogP contribution in [0.2, 0.25) is 0 Å². The van der Waals surface area contributed by atoms with Gasteiger partial charge in [0.25, 0.3) is 5.91 Å². The Bertz CT molecular complexity index is 534. The molecule has 2 heterocycles. The van der Waals surface area contributed by atoms with E-state index in [9.17, 15) is 19.8 Å². The maximum absolute atomic E-state index is 12.6. The zero-order valence-electron chi connectivity index (χ0n) is 11.7. The molecule has 2 N–H and O–H groups in total. The van der Waals surface area contributed by atoms with E-state index in [1.165, 1.54) is 23.4 Å². The Kier molecular flexibility index (Phi) is 4.74. The van der Waals surface area contributed by atoms with Gasteiger partial charge in [0.05, 0.1) is 31.0 Å². The average Bonchev–Trinajstić information content (AvgIpc) is 2.93. The van der Waals surface area contributed by atoms with Crippen LogP contribution in [0.1, 0.15) is 23.7 Å². The number of aliphatic carboxylic acids is 1. The van der Waals surface area contributed by atoms with E-state index in [4.69, 9.17) is 4.74 Å². The molecule has 1 amide bonds. The lowest BCUT2D eigenvalue weighted by molar-refractivity contribution is -0.142. The molecule has 2 atom stereocenters. The molecule has 21 heavy (non-hydrogen) atoms. The summed E-state index contributed by atoms with van der Waals surface area (Å²) < 4.78 is 5.23. The molecule has 114 valence electrons. The molecule has 0 bridgehead atoms. The summed E-state index contributed by atoms with van der Waals surface area (Å²) in [6.07, 6.45) is 3.29. The summed E-state index contributed by atoms with van der Waals surface area (Å²) in [6, 6.07) is 0.820. The van der Waals surface area contributed by atoms with Gasteiger partial charge < -0.3 is 19.8 Å². The van der Waals surface area contributed by atoms with Crippen molar-refractivity contribution in [2.24, 2.45) is 5.92 Å². The summed E-state index contributed by atoms with van der Waals surface area (Å²) in [4.78, 5) is 29.1. The Morgan fingerprint density at radius 3 is 2.81 bits per heavy atom. The standard InChI is InChI=1S/C14H18N2O5/c1-2-3-16(12-8-21-7-11(12)14(19)20)13(18)9-4-10(17)6-15-5-9/h4-6,11-12,17H,2-3,7-8H2,1H3,(H,19,20). The molecule has 0 spiro atoms. The molecular formula is C14H18N2O5. The average molecular weight is 294 g/mol. The fourth-order valence-corrected chi connectivity index (χ4v) is 2.46. The molecule has 1 aromatic rings. The number of amides is 1. The second-order valence-electron chi connectivity index (χ2n) is 4.98. The van der Waals surface area contributed by atoms with Crippen LogP contribution < -0.4 is 0 Å². The van der Waals surface area contributed by atoms with Gasteiger partial charge in [-0.3, -0.25) is 14.6 Å². The van der Waals surface area contributed by atoms with E-state index in [-0.39, 0.29) is 30.4 Å². The maximum atomic E-state index is 12.6. The van der Waals surface area contributed by atoms with Crippen molar-refractivity contribution in [2.75, 3.05) is 19.8 Å². The molecule has 1 saturated heterocycles. The Labute approximate surface area is 122 Å². The Morgan fingerprint density at radius 1 is 1.43 bits per heavy atom. The molecule has 1 aliphatic rings. The van der Waals surface area contributed by atoms with E-state index in [1.807, 2.05) is 6.92 Å². The number of carboxylic acids is 1. The van der Waals surface area contributed by atoms with Crippen LogP contribution in [-0.2, 0) is 9.53 Å². The second-order valence-corrected chi connectivity index (χ2v) is 4.98. The first-order valence-electron chi connectivity index (χ1n) is 6.80. The first-order chi connectivity index (χ1) is 10.0. The summed E-state index contributed by atoms with van der Waals surface area (Å²) >= 11 is 0. The molecule has 0 aliphatic carbocycles. The largest absolute Gasteiger partial charge is 0.506 e. The van der Waals surface area contributed by atoms with Gasteiger partial charge in [-0.2, -0.15) is 0 Å². The zero-order chi connectivity index (χ0) is 15.4. The third-order valence-corrected chi connectivity index (χ3v) is 3.46. The SMILES string of the molecule is CCCN(C(=O)c1cncc(O)c1)C1COCC1C(=O)O. The van der Waals surface area contributed by atoms with Gasteiger partial charge >= 0.3 is 5.97 Å². The second kappa shape index (κ2) is 6.53. The normalized spacial score (nSPS) is 21.2. The van der Waals surface area contributed by atoms with Crippen LogP contribution in [0.25, 0.3) is 0 Å². The molecule has 7 nitrogen and oxygen atoms in total. The van der Waals surface area contributed by atoms with Crippen molar-refractivity contribution in [1.29, 1.82) is 0 Å². The number of aromatic nitrogens is 1. The first-order valence-corrected chi connectivity index (χ1v) is 6.80. The van der Waals surface area contributed by atoms with Gasteiger partial charge in [-0.1, -0.05) is 6.92 Å². The number of hydrogen-bond acceptors (Lipinski definition) is 5. The molecule has 0 saturated carbocycles. The van der Waals surface area contributed by atoms with E-state index in [0.29, 0.717) is 13.0 Å². The van der Waals surface area contributed by atoms with Crippen LogP contribution in [0.3, 0.4) is 0 Å². The topological polar surface area (TPSA) is 100.0 Å². The summed E-state index contributed by atoms with van der Waals surface area (Å²) in [5.74, 6) is -2.15. The first kappa shape index (κ1) is 15.2. The molecule has 1 fully saturated rings. The van der Waals surface area contributed by atoms with Crippen molar-refractivity contribution < 1.29 is 24.5 Å². The van der Waals surface area contributed by atoms with E-state index in [2.05, 4.69) is 4.98 Å². The predicted molar refractivity (Wildman–Crippen MR) is 73.0 cm³/mol. The Hall–Kier alpha value is -2.15. The fourth-order valence-electron chi connectivity index (χ4n) is 2.46. The van der Waals surface area contributed by atoms with Crippen molar-refractivity contribution in [2.45, 2.75) is 19.4 Å². The smallest absolute Gasteiger partial charge is 0.311 e. The van der Waals surface area contributed by atoms with Crippen LogP contribution >= 0.6 is 0 Å². The number of carbonyl (C=O) groups is 2. The molecule has 1 aromatic heterocycles. The van der Waals surface area contributed by atoms with Gasteiger partial charge in [-0.25, -0.2) is 0 Å². The van der Waals surface area contributed by atoms with Gasteiger partial charge in [0.2, 0.25) is 0 Å². The number of carbonyl (C=O) groups excluding carboxylic acids is 1. The van der Waals surface area contributed by atoms with Crippen molar-refractivity contribution in [3.8, 4) is 5.75 Å². The fraction of sp³-hybridized carbons (Fsp3) is 0.500. The van der Waals surface area contributed by atoms with Crippen LogP contribution in [0.4, 0.5) is 0 Å². The van der Waals surface area contributed by atoms with E-state index >= 15 is 0 Å². The lowest BCUT2D eigenvalue weighted by Crippen LogP contribution is -2.47. The highest BCUT2D eigenvalue weighted by atomic mass is 16.5. The quantitative estimate of drug-likeness (QED) is 0.830. The summed E-state index contributed by atoms with van der Waals surface area (Å²) in [5.41, 5.74) is 0.236. The predicted octanol–water partition coefficient (Wildman–Crippen LogP) is 0.739. The highest BCUT2D eigenvalue weighted by Gasteiger charge is 2.40. The Balaban J connectivity index is 2.26. The van der Waals surface area contributed by atoms with E-state index < -0.39 is 17.9 Å². The minimum atomic E-state index is -0.972. The zero-order valence-corrected chi connectivity index (χ0v) is 11.7. The lowest BCUT2D eigenvalue weighted by atomic mass is 10.0. The maximum Gasteiger partial charge on any atom is 0.311 e. The van der Waals surface area contributed by atoms with Crippen molar-refractivity contribution in [1.82, 2.24) is 9.88 Å². The van der Waals surface area contributed by atoms with Gasteiger partial charge in [-0.15, -0.1) is 0 Å². The number of nitrogens with zero attached hydrogens (tertiary/aromatic N) is 2. The van der Waals surface area contributed by atoms with Crippen LogP contribution in [0.5, 0.6) is 5.75 Å². The van der Waals surface area contributed by atoms with Gasteiger partial charge in [0.1, 0.15) is 11.7 Å². The Morgan fingerprint density at radius 2 is 2.19 bits per heavy atom. The van der Waals surface area contributed by atoms with Crippen LogP contribution in [0, 0.1) is 5.92 Å². The van der Waals surface area contributed by atoms with Crippen LogP contribution in [-0.4, -0.2) is 57.8 Å². The molecule has 0 radical (unpaired) electrons. The van der Waals surface area contributed by atoms with Crippen molar-refractivity contribution >= 4 is 11.9 Å². The molecule has 2 unspecified atom stereocenters. The number of ether oxygens (including phenoxy) is 1. The van der Waals surface area contributed by atoms with Gasteiger partial charge in [-0.05, 0) is 12.5 Å². The highest BCUT2D eigenvalue weighted by Crippen LogP contribution is 2.23. The molecule has 1 aliphatic heterocycles. The summed E-state index contributed by atoms with van der Waals surface area (Å²) in [6.45, 7) is 2.64. The number of rotatable bonds is 5. The molecule has 0 aromatic carbocycles. The number of pyridine rings is 1. The summed E-state index contributed by atoms with van der Waals surface area (Å²) in [5, 5.41) is 18.7.